The fraction of sp³-hybridized carbons (Fsp3) is 0.800. The van der Waals surface area contributed by atoms with E-state index in [4.69, 9.17) is 5.73 Å². The Bertz CT molecular complexity index is 374. The molecule has 2 N–H and O–H groups in total. The van der Waals surface area contributed by atoms with Crippen LogP contribution in [-0.2, 0) is 6.54 Å². The molecule has 1 aliphatic rings. The van der Waals surface area contributed by atoms with Crippen molar-refractivity contribution in [2.24, 2.45) is 5.73 Å². The summed E-state index contributed by atoms with van der Waals surface area (Å²) in [5, 5.41) is 4.48. The molecule has 19 heavy (non-hydrogen) atoms. The van der Waals surface area contributed by atoms with Crippen molar-refractivity contribution < 1.29 is 0 Å². The highest BCUT2D eigenvalue weighted by molar-refractivity contribution is 5.11. The van der Waals surface area contributed by atoms with E-state index >= 15 is 0 Å². The molecule has 0 aliphatic carbocycles. The van der Waals surface area contributed by atoms with Crippen molar-refractivity contribution in [3.63, 3.8) is 0 Å². The van der Waals surface area contributed by atoms with E-state index in [9.17, 15) is 0 Å². The maximum atomic E-state index is 6.47. The molecule has 0 amide bonds. The maximum Gasteiger partial charge on any atom is 0.0670 e. The molecule has 1 aromatic rings. The first-order chi connectivity index (χ1) is 9.27. The van der Waals surface area contributed by atoms with Crippen LogP contribution >= 0.6 is 0 Å². The summed E-state index contributed by atoms with van der Waals surface area (Å²) in [5.74, 6) is 0. The summed E-state index contributed by atoms with van der Waals surface area (Å²) in [6.45, 7) is 7.74. The molecule has 0 aromatic carbocycles. The van der Waals surface area contributed by atoms with Crippen LogP contribution in [0.5, 0.6) is 0 Å². The van der Waals surface area contributed by atoms with E-state index in [1.807, 2.05) is 6.20 Å². The molecular formula is C15H28N4. The van der Waals surface area contributed by atoms with Gasteiger partial charge < -0.3 is 5.73 Å². The topological polar surface area (TPSA) is 47.1 Å². The minimum atomic E-state index is 0.237. The lowest BCUT2D eigenvalue weighted by Crippen LogP contribution is -2.41. The highest BCUT2D eigenvalue weighted by Gasteiger charge is 2.30. The molecule has 0 radical (unpaired) electrons. The molecule has 0 saturated carbocycles. The molecule has 1 aromatic heterocycles. The van der Waals surface area contributed by atoms with Gasteiger partial charge in [-0.25, -0.2) is 0 Å². The lowest BCUT2D eigenvalue weighted by atomic mass is 10.0. The van der Waals surface area contributed by atoms with Gasteiger partial charge >= 0.3 is 0 Å². The van der Waals surface area contributed by atoms with Crippen molar-refractivity contribution in [1.29, 1.82) is 0 Å². The van der Waals surface area contributed by atoms with Gasteiger partial charge in [0.05, 0.1) is 11.7 Å². The van der Waals surface area contributed by atoms with Crippen molar-refractivity contribution in [1.82, 2.24) is 14.7 Å². The highest BCUT2D eigenvalue weighted by Crippen LogP contribution is 2.29. The lowest BCUT2D eigenvalue weighted by Gasteiger charge is -2.33. The minimum absolute atomic E-state index is 0.237. The van der Waals surface area contributed by atoms with Gasteiger partial charge in [0.2, 0.25) is 0 Å². The van der Waals surface area contributed by atoms with Crippen LogP contribution in [0.15, 0.2) is 12.3 Å². The van der Waals surface area contributed by atoms with Gasteiger partial charge in [0.1, 0.15) is 0 Å². The molecule has 0 bridgehead atoms. The van der Waals surface area contributed by atoms with E-state index in [-0.39, 0.29) is 6.04 Å². The van der Waals surface area contributed by atoms with Gasteiger partial charge in [0.15, 0.2) is 0 Å². The lowest BCUT2D eigenvalue weighted by molar-refractivity contribution is 0.176. The molecule has 108 valence electrons. The summed E-state index contributed by atoms with van der Waals surface area (Å²) in [7, 11) is 0. The van der Waals surface area contributed by atoms with Gasteiger partial charge in [-0.2, -0.15) is 5.10 Å². The third kappa shape index (κ3) is 3.37. The zero-order valence-electron chi connectivity index (χ0n) is 12.4. The van der Waals surface area contributed by atoms with Crippen molar-refractivity contribution >= 4 is 0 Å². The summed E-state index contributed by atoms with van der Waals surface area (Å²) in [6.07, 6.45) is 7.87. The van der Waals surface area contributed by atoms with E-state index in [0.29, 0.717) is 6.04 Å². The van der Waals surface area contributed by atoms with Gasteiger partial charge in [0.25, 0.3) is 0 Å². The molecule has 1 fully saturated rings. The van der Waals surface area contributed by atoms with Crippen molar-refractivity contribution in [2.75, 3.05) is 13.1 Å². The van der Waals surface area contributed by atoms with Crippen LogP contribution in [0.3, 0.4) is 0 Å². The van der Waals surface area contributed by atoms with E-state index in [1.165, 1.54) is 31.5 Å². The summed E-state index contributed by atoms with van der Waals surface area (Å²) < 4.78 is 2.15. The van der Waals surface area contributed by atoms with E-state index in [1.54, 1.807) is 0 Å². The smallest absolute Gasteiger partial charge is 0.0670 e. The highest BCUT2D eigenvalue weighted by atomic mass is 15.3. The first-order valence-electron chi connectivity index (χ1n) is 7.79. The Labute approximate surface area is 117 Å². The van der Waals surface area contributed by atoms with Gasteiger partial charge in [-0.15, -0.1) is 0 Å². The average molecular weight is 264 g/mol. The maximum absolute atomic E-state index is 6.47. The normalized spacial score (nSPS) is 25.4. The predicted octanol–water partition coefficient (Wildman–Crippen LogP) is 2.56. The quantitative estimate of drug-likeness (QED) is 0.889. The SMILES string of the molecule is CCCN1CCCCC(N)C1c1ccnn1CCC. The van der Waals surface area contributed by atoms with E-state index in [0.717, 1.165) is 25.9 Å². The number of rotatable bonds is 5. The molecule has 4 nitrogen and oxygen atoms in total. The monoisotopic (exact) mass is 264 g/mol. The third-order valence-corrected chi connectivity index (χ3v) is 4.03. The molecule has 1 aliphatic heterocycles. The van der Waals surface area contributed by atoms with Gasteiger partial charge in [0, 0.05) is 18.8 Å². The Hall–Kier alpha value is -0.870. The van der Waals surface area contributed by atoms with Gasteiger partial charge in [-0.05, 0) is 44.8 Å². The van der Waals surface area contributed by atoms with Crippen LogP contribution in [0.2, 0.25) is 0 Å². The second-order valence-corrected chi connectivity index (χ2v) is 5.62. The van der Waals surface area contributed by atoms with Crippen molar-refractivity contribution in [2.45, 2.75) is 64.6 Å². The number of nitrogens with two attached hydrogens (primary N) is 1. The standard InChI is InChI=1S/C15H28N4/c1-3-10-18-12-6-5-7-13(16)15(18)14-8-9-17-19(14)11-4-2/h8-9,13,15H,3-7,10-12,16H2,1-2H3. The molecular weight excluding hydrogens is 236 g/mol. The zero-order valence-corrected chi connectivity index (χ0v) is 12.4. The largest absolute Gasteiger partial charge is 0.326 e. The molecule has 2 unspecified atom stereocenters. The number of aryl methyl sites for hydroxylation is 1. The number of aromatic nitrogens is 2. The van der Waals surface area contributed by atoms with Crippen LogP contribution < -0.4 is 5.73 Å². The van der Waals surface area contributed by atoms with Crippen molar-refractivity contribution in [3.8, 4) is 0 Å². The number of likely N-dealkylation sites (tertiary alicyclic amines) is 1. The molecule has 1 saturated heterocycles. The number of nitrogens with zero attached hydrogens (tertiary/aromatic N) is 3. The fourth-order valence-electron chi connectivity index (χ4n) is 3.20. The van der Waals surface area contributed by atoms with Crippen LogP contribution in [0.4, 0.5) is 0 Å². The van der Waals surface area contributed by atoms with E-state index in [2.05, 4.69) is 34.6 Å². The number of hydrogen-bond acceptors (Lipinski definition) is 3. The molecule has 2 heterocycles. The first-order valence-corrected chi connectivity index (χ1v) is 7.79. The van der Waals surface area contributed by atoms with Crippen LogP contribution in [0.1, 0.15) is 57.7 Å². The summed E-state index contributed by atoms with van der Waals surface area (Å²) in [6, 6.07) is 2.74. The third-order valence-electron chi connectivity index (χ3n) is 4.03. The fourth-order valence-corrected chi connectivity index (χ4v) is 3.20. The second kappa shape index (κ2) is 7.06. The van der Waals surface area contributed by atoms with Gasteiger partial charge in [-0.3, -0.25) is 9.58 Å². The molecule has 2 rings (SSSR count). The Kier molecular flexibility index (Phi) is 5.40. The van der Waals surface area contributed by atoms with E-state index < -0.39 is 0 Å². The zero-order chi connectivity index (χ0) is 13.7. The Morgan fingerprint density at radius 2 is 2.05 bits per heavy atom. The molecule has 0 spiro atoms. The minimum Gasteiger partial charge on any atom is -0.326 e. The Morgan fingerprint density at radius 3 is 2.79 bits per heavy atom. The number of hydrogen-bond donors (Lipinski definition) is 1. The van der Waals surface area contributed by atoms with Gasteiger partial charge in [-0.1, -0.05) is 20.3 Å². The van der Waals surface area contributed by atoms with Crippen LogP contribution in [-0.4, -0.2) is 33.8 Å². The second-order valence-electron chi connectivity index (χ2n) is 5.62. The molecule has 2 atom stereocenters. The summed E-state index contributed by atoms with van der Waals surface area (Å²) in [4.78, 5) is 2.57. The first kappa shape index (κ1) is 14.5. The van der Waals surface area contributed by atoms with Crippen LogP contribution in [0, 0.1) is 0 Å². The van der Waals surface area contributed by atoms with Crippen molar-refractivity contribution in [3.05, 3.63) is 18.0 Å². The molecule has 4 heteroatoms. The Morgan fingerprint density at radius 1 is 1.26 bits per heavy atom. The summed E-state index contributed by atoms with van der Waals surface area (Å²) in [5.41, 5.74) is 7.78. The van der Waals surface area contributed by atoms with Crippen LogP contribution in [0.25, 0.3) is 0 Å². The average Bonchev–Trinajstić information content (AvgIpc) is 2.76. The Balaban J connectivity index is 2.26. The summed E-state index contributed by atoms with van der Waals surface area (Å²) >= 11 is 0. The predicted molar refractivity (Wildman–Crippen MR) is 78.9 cm³/mol.